The maximum atomic E-state index is 9.37. The van der Waals surface area contributed by atoms with E-state index in [2.05, 4.69) is 38.3 Å². The summed E-state index contributed by atoms with van der Waals surface area (Å²) in [5.41, 5.74) is 7.08. The van der Waals surface area contributed by atoms with Crippen molar-refractivity contribution in [2.24, 2.45) is 0 Å². The number of hydrogen-bond acceptors (Lipinski definition) is 3. The second-order valence-electron chi connectivity index (χ2n) is 5.36. The van der Waals surface area contributed by atoms with Crippen LogP contribution in [0.4, 0.5) is 0 Å². The van der Waals surface area contributed by atoms with Gasteiger partial charge in [0.25, 0.3) is 0 Å². The van der Waals surface area contributed by atoms with Crippen molar-refractivity contribution in [1.29, 1.82) is 0 Å². The van der Waals surface area contributed by atoms with Gasteiger partial charge >= 0.3 is 0 Å². The smallest absolute Gasteiger partial charge is 0.124 e. The molecule has 2 nitrogen and oxygen atoms in total. The van der Waals surface area contributed by atoms with Gasteiger partial charge in [-0.25, -0.2) is 4.98 Å². The highest BCUT2D eigenvalue weighted by Crippen LogP contribution is 2.33. The Morgan fingerprint density at radius 3 is 2.19 bits per heavy atom. The number of hydrogen-bond donors (Lipinski definition) is 1. The number of aryl methyl sites for hydroxylation is 3. The molecule has 0 saturated heterocycles. The van der Waals surface area contributed by atoms with Crippen LogP contribution in [0.15, 0.2) is 41.8 Å². The van der Waals surface area contributed by atoms with Gasteiger partial charge in [-0.05, 0) is 56.2 Å². The van der Waals surface area contributed by atoms with Crippen molar-refractivity contribution >= 4 is 11.3 Å². The monoisotopic (exact) mass is 295 g/mol. The molecule has 106 valence electrons. The number of rotatable bonds is 2. The lowest BCUT2D eigenvalue weighted by Gasteiger charge is -2.08. The fourth-order valence-electron chi connectivity index (χ4n) is 2.71. The number of nitrogens with zero attached hydrogens (tertiary/aromatic N) is 1. The fourth-order valence-corrected chi connectivity index (χ4v) is 3.53. The van der Waals surface area contributed by atoms with E-state index in [0.717, 1.165) is 16.3 Å². The maximum absolute atomic E-state index is 9.37. The highest BCUT2D eigenvalue weighted by Gasteiger charge is 2.11. The minimum atomic E-state index is 0.278. The van der Waals surface area contributed by atoms with E-state index in [-0.39, 0.29) is 5.75 Å². The molecule has 0 bridgehead atoms. The molecule has 0 amide bonds. The van der Waals surface area contributed by atoms with Gasteiger partial charge in [-0.2, -0.15) is 0 Å². The van der Waals surface area contributed by atoms with E-state index in [0.29, 0.717) is 0 Å². The molecule has 0 atom stereocenters. The zero-order valence-electron chi connectivity index (χ0n) is 12.3. The minimum Gasteiger partial charge on any atom is -0.508 e. The summed E-state index contributed by atoms with van der Waals surface area (Å²) >= 11 is 1.63. The predicted octanol–water partition coefficient (Wildman–Crippen LogP) is 5.11. The molecule has 3 heteroatoms. The lowest BCUT2D eigenvalue weighted by atomic mass is 9.98. The van der Waals surface area contributed by atoms with E-state index < -0.39 is 0 Å². The number of aromatic nitrogens is 1. The van der Waals surface area contributed by atoms with Crippen LogP contribution in [0.2, 0.25) is 0 Å². The Kier molecular flexibility index (Phi) is 3.52. The molecule has 0 unspecified atom stereocenters. The van der Waals surface area contributed by atoms with Crippen LogP contribution in [-0.4, -0.2) is 10.1 Å². The van der Waals surface area contributed by atoms with Gasteiger partial charge in [-0.3, -0.25) is 0 Å². The summed E-state index contributed by atoms with van der Waals surface area (Å²) in [4.78, 5) is 4.77. The van der Waals surface area contributed by atoms with Crippen molar-refractivity contribution in [1.82, 2.24) is 4.98 Å². The van der Waals surface area contributed by atoms with Gasteiger partial charge in [-0.15, -0.1) is 11.3 Å². The van der Waals surface area contributed by atoms with Gasteiger partial charge in [0.2, 0.25) is 0 Å². The number of thiazole rings is 1. The van der Waals surface area contributed by atoms with Crippen molar-refractivity contribution in [2.75, 3.05) is 0 Å². The first-order valence-corrected chi connectivity index (χ1v) is 7.76. The normalized spacial score (nSPS) is 10.8. The molecule has 1 N–H and O–H groups in total. The summed E-state index contributed by atoms with van der Waals surface area (Å²) in [6.07, 6.45) is 0. The van der Waals surface area contributed by atoms with Crippen LogP contribution in [-0.2, 0) is 0 Å². The van der Waals surface area contributed by atoms with E-state index in [1.807, 2.05) is 12.1 Å². The fraction of sp³-hybridized carbons (Fsp3) is 0.167. The van der Waals surface area contributed by atoms with Gasteiger partial charge in [-0.1, -0.05) is 17.7 Å². The molecule has 3 aromatic rings. The van der Waals surface area contributed by atoms with Crippen LogP contribution < -0.4 is 0 Å². The van der Waals surface area contributed by atoms with Gasteiger partial charge in [0, 0.05) is 16.5 Å². The van der Waals surface area contributed by atoms with E-state index in [9.17, 15) is 5.11 Å². The first kappa shape index (κ1) is 13.8. The Morgan fingerprint density at radius 2 is 1.57 bits per heavy atom. The van der Waals surface area contributed by atoms with Crippen LogP contribution in [0.1, 0.15) is 16.7 Å². The average Bonchev–Trinajstić information content (AvgIpc) is 2.87. The third-order valence-corrected chi connectivity index (χ3v) is 4.44. The quantitative estimate of drug-likeness (QED) is 0.713. The summed E-state index contributed by atoms with van der Waals surface area (Å²) in [5.74, 6) is 0.278. The van der Waals surface area contributed by atoms with Crippen molar-refractivity contribution < 1.29 is 5.11 Å². The molecule has 0 aliphatic carbocycles. The Morgan fingerprint density at radius 1 is 0.952 bits per heavy atom. The Balaban J connectivity index is 2.05. The molecule has 0 saturated carbocycles. The van der Waals surface area contributed by atoms with Gasteiger partial charge in [0.05, 0.1) is 5.69 Å². The highest BCUT2D eigenvalue weighted by atomic mass is 32.1. The lowest BCUT2D eigenvalue weighted by Crippen LogP contribution is -1.90. The SMILES string of the molecule is Cc1cc(C)c(-c2csc(-c3ccc(O)cc3)n2)c(C)c1. The van der Waals surface area contributed by atoms with Crippen LogP contribution in [0, 0.1) is 20.8 Å². The summed E-state index contributed by atoms with van der Waals surface area (Å²) in [6.45, 7) is 6.39. The molecule has 2 aromatic carbocycles. The lowest BCUT2D eigenvalue weighted by molar-refractivity contribution is 0.475. The molecular formula is C18H17NOS. The molecule has 0 spiro atoms. The third-order valence-electron chi connectivity index (χ3n) is 3.55. The maximum Gasteiger partial charge on any atom is 0.124 e. The summed E-state index contributed by atoms with van der Waals surface area (Å²) in [5, 5.41) is 12.4. The van der Waals surface area contributed by atoms with Gasteiger partial charge in [0.15, 0.2) is 0 Å². The number of phenolic OH excluding ortho intramolecular Hbond substituents is 1. The first-order chi connectivity index (χ1) is 10.0. The van der Waals surface area contributed by atoms with Crippen molar-refractivity contribution in [2.45, 2.75) is 20.8 Å². The topological polar surface area (TPSA) is 33.1 Å². The molecule has 1 heterocycles. The molecule has 21 heavy (non-hydrogen) atoms. The van der Waals surface area contributed by atoms with Crippen molar-refractivity contribution in [3.8, 4) is 27.6 Å². The van der Waals surface area contributed by atoms with Gasteiger partial charge < -0.3 is 5.11 Å². The van der Waals surface area contributed by atoms with E-state index in [1.165, 1.54) is 22.3 Å². The van der Waals surface area contributed by atoms with E-state index in [1.54, 1.807) is 23.5 Å². The molecular weight excluding hydrogens is 278 g/mol. The minimum absolute atomic E-state index is 0.278. The second kappa shape index (κ2) is 5.34. The molecule has 1 aromatic heterocycles. The largest absolute Gasteiger partial charge is 0.508 e. The van der Waals surface area contributed by atoms with Crippen LogP contribution >= 0.6 is 11.3 Å². The standard InChI is InChI=1S/C18H17NOS/c1-11-8-12(2)17(13(3)9-11)16-10-21-18(19-16)14-4-6-15(20)7-5-14/h4-10,20H,1-3H3. The average molecular weight is 295 g/mol. The van der Waals surface area contributed by atoms with E-state index >= 15 is 0 Å². The predicted molar refractivity (Wildman–Crippen MR) is 88.9 cm³/mol. The number of aromatic hydroxyl groups is 1. The zero-order valence-corrected chi connectivity index (χ0v) is 13.2. The molecule has 3 rings (SSSR count). The molecule has 0 radical (unpaired) electrons. The summed E-state index contributed by atoms with van der Waals surface area (Å²) in [6, 6.07) is 11.6. The second-order valence-corrected chi connectivity index (χ2v) is 6.22. The van der Waals surface area contributed by atoms with E-state index in [4.69, 9.17) is 4.98 Å². The molecule has 0 fully saturated rings. The number of phenols is 1. The third kappa shape index (κ3) is 2.69. The van der Waals surface area contributed by atoms with Crippen molar-refractivity contribution in [3.63, 3.8) is 0 Å². The zero-order chi connectivity index (χ0) is 15.0. The van der Waals surface area contributed by atoms with Crippen LogP contribution in [0.5, 0.6) is 5.75 Å². The van der Waals surface area contributed by atoms with Crippen molar-refractivity contribution in [3.05, 3.63) is 58.5 Å². The highest BCUT2D eigenvalue weighted by molar-refractivity contribution is 7.13. The first-order valence-electron chi connectivity index (χ1n) is 6.88. The Hall–Kier alpha value is -2.13. The summed E-state index contributed by atoms with van der Waals surface area (Å²) < 4.78 is 0. The Bertz CT molecular complexity index is 764. The number of benzene rings is 2. The van der Waals surface area contributed by atoms with Gasteiger partial charge in [0.1, 0.15) is 10.8 Å². The molecule has 0 aliphatic rings. The molecule has 0 aliphatic heterocycles. The Labute approximate surface area is 128 Å². The summed E-state index contributed by atoms with van der Waals surface area (Å²) in [7, 11) is 0. The van der Waals surface area contributed by atoms with Crippen LogP contribution in [0.3, 0.4) is 0 Å². The van der Waals surface area contributed by atoms with Crippen LogP contribution in [0.25, 0.3) is 21.8 Å².